The molecule has 0 aromatic heterocycles. The molecule has 1 unspecified atom stereocenters. The molecule has 1 aromatic carbocycles. The van der Waals surface area contributed by atoms with Gasteiger partial charge in [-0.2, -0.15) is 4.99 Å². The van der Waals surface area contributed by atoms with Crippen molar-refractivity contribution in [3.63, 3.8) is 0 Å². The van der Waals surface area contributed by atoms with Crippen LogP contribution >= 0.6 is 11.6 Å². The average molecular weight is 403 g/mol. The second-order valence-corrected chi connectivity index (χ2v) is 7.16. The Bertz CT molecular complexity index is 950. The number of carbonyl (C=O) groups excluding carboxylic acids is 3. The van der Waals surface area contributed by atoms with Crippen LogP contribution in [0.25, 0.3) is 0 Å². The highest BCUT2D eigenvalue weighted by Crippen LogP contribution is 2.27. The Morgan fingerprint density at radius 2 is 1.96 bits per heavy atom. The zero-order valence-electron chi connectivity index (χ0n) is 14.7. The molecule has 4 rings (SSSR count). The molecule has 3 aliphatic rings. The maximum Gasteiger partial charge on any atom is 0.352 e. The third kappa shape index (κ3) is 3.24. The van der Waals surface area contributed by atoms with Gasteiger partial charge in [0.25, 0.3) is 5.91 Å². The standard InChI is InChI=1S/C19H16ClFN4O3/c20-15-10-11(21)3-4-13(15)17(26)24-8-5-12(6-9-24)25-18(27)14-2-1-7-22-16(14)23-19(25)28/h1-4,7,10,12,14H,5-6,8-9H2. The number of hydrogen-bond donors (Lipinski definition) is 0. The molecular formula is C19H16ClFN4O3. The van der Waals surface area contributed by atoms with Gasteiger partial charge in [-0.3, -0.25) is 14.5 Å². The van der Waals surface area contributed by atoms with Crippen LogP contribution in [0.4, 0.5) is 9.18 Å². The van der Waals surface area contributed by atoms with Crippen molar-refractivity contribution < 1.29 is 18.8 Å². The predicted octanol–water partition coefficient (Wildman–Crippen LogP) is 2.70. The summed E-state index contributed by atoms with van der Waals surface area (Å²) in [5.41, 5.74) is 0.228. The van der Waals surface area contributed by atoms with Crippen molar-refractivity contribution in [3.8, 4) is 0 Å². The number of allylic oxidation sites excluding steroid dienone is 1. The number of dihydropyridines is 1. The Morgan fingerprint density at radius 1 is 1.21 bits per heavy atom. The first-order valence-electron chi connectivity index (χ1n) is 8.86. The molecule has 0 aliphatic carbocycles. The van der Waals surface area contributed by atoms with E-state index in [1.807, 2.05) is 0 Å². The Hall–Kier alpha value is -2.87. The minimum absolute atomic E-state index is 0.0556. The van der Waals surface area contributed by atoms with Crippen LogP contribution < -0.4 is 0 Å². The number of amidine groups is 1. The van der Waals surface area contributed by atoms with Crippen LogP contribution in [0, 0.1) is 11.7 Å². The first kappa shape index (κ1) is 18.5. The van der Waals surface area contributed by atoms with E-state index >= 15 is 0 Å². The van der Waals surface area contributed by atoms with E-state index in [-0.39, 0.29) is 34.3 Å². The number of imide groups is 1. The number of fused-ring (bicyclic) bond motifs is 1. The number of carbonyl (C=O) groups is 3. The van der Waals surface area contributed by atoms with Crippen molar-refractivity contribution in [1.82, 2.24) is 9.80 Å². The summed E-state index contributed by atoms with van der Waals surface area (Å²) < 4.78 is 13.2. The van der Waals surface area contributed by atoms with Gasteiger partial charge in [0.1, 0.15) is 17.6 Å². The van der Waals surface area contributed by atoms with Crippen molar-refractivity contribution >= 4 is 41.5 Å². The molecule has 1 fully saturated rings. The number of halogens is 2. The fraction of sp³-hybridized carbons (Fsp3) is 0.316. The molecule has 0 radical (unpaired) electrons. The highest BCUT2D eigenvalue weighted by Gasteiger charge is 2.41. The van der Waals surface area contributed by atoms with Gasteiger partial charge in [-0.05, 0) is 37.1 Å². The third-order valence-corrected chi connectivity index (χ3v) is 5.39. The van der Waals surface area contributed by atoms with Gasteiger partial charge in [0, 0.05) is 25.3 Å². The molecule has 0 bridgehead atoms. The van der Waals surface area contributed by atoms with Crippen molar-refractivity contribution in [1.29, 1.82) is 0 Å². The molecule has 144 valence electrons. The fourth-order valence-electron chi connectivity index (χ4n) is 3.63. The van der Waals surface area contributed by atoms with Gasteiger partial charge in [0.2, 0.25) is 5.91 Å². The Balaban J connectivity index is 1.45. The molecule has 1 saturated heterocycles. The number of aliphatic imine (C=N–C) groups is 2. The molecular weight excluding hydrogens is 387 g/mol. The summed E-state index contributed by atoms with van der Waals surface area (Å²) in [5.74, 6) is -1.57. The maximum atomic E-state index is 13.2. The summed E-state index contributed by atoms with van der Waals surface area (Å²) in [5, 5.41) is 0.0556. The smallest absolute Gasteiger partial charge is 0.338 e. The quantitative estimate of drug-likeness (QED) is 0.762. The van der Waals surface area contributed by atoms with Crippen LogP contribution in [-0.2, 0) is 4.79 Å². The summed E-state index contributed by atoms with van der Waals surface area (Å²) in [6.45, 7) is 0.701. The van der Waals surface area contributed by atoms with E-state index in [0.29, 0.717) is 25.9 Å². The Kier molecular flexibility index (Phi) is 4.80. The van der Waals surface area contributed by atoms with Crippen molar-refractivity contribution in [2.75, 3.05) is 13.1 Å². The summed E-state index contributed by atoms with van der Waals surface area (Å²) >= 11 is 5.98. The topological polar surface area (TPSA) is 82.4 Å². The number of urea groups is 1. The van der Waals surface area contributed by atoms with Crippen LogP contribution in [0.15, 0.2) is 40.3 Å². The molecule has 0 saturated carbocycles. The predicted molar refractivity (Wildman–Crippen MR) is 101 cm³/mol. The van der Waals surface area contributed by atoms with E-state index in [4.69, 9.17) is 11.6 Å². The number of amides is 4. The molecule has 1 atom stereocenters. The highest BCUT2D eigenvalue weighted by atomic mass is 35.5. The van der Waals surface area contributed by atoms with E-state index < -0.39 is 17.8 Å². The zero-order chi connectivity index (χ0) is 19.8. The minimum atomic E-state index is -0.639. The summed E-state index contributed by atoms with van der Waals surface area (Å²) in [6.07, 6.45) is 5.70. The van der Waals surface area contributed by atoms with E-state index in [1.165, 1.54) is 23.2 Å². The lowest BCUT2D eigenvalue weighted by molar-refractivity contribution is -0.131. The number of nitrogens with zero attached hydrogens (tertiary/aromatic N) is 4. The molecule has 9 heteroatoms. The second-order valence-electron chi connectivity index (χ2n) is 6.75. The van der Waals surface area contributed by atoms with Crippen LogP contribution in [0.1, 0.15) is 23.2 Å². The van der Waals surface area contributed by atoms with E-state index in [2.05, 4.69) is 9.98 Å². The monoisotopic (exact) mass is 402 g/mol. The summed E-state index contributed by atoms with van der Waals surface area (Å²) in [7, 11) is 0. The molecule has 7 nitrogen and oxygen atoms in total. The first-order valence-corrected chi connectivity index (χ1v) is 9.24. The number of rotatable bonds is 2. The van der Waals surface area contributed by atoms with Crippen LogP contribution in [0.3, 0.4) is 0 Å². The Morgan fingerprint density at radius 3 is 2.68 bits per heavy atom. The third-order valence-electron chi connectivity index (χ3n) is 5.07. The average Bonchev–Trinajstić information content (AvgIpc) is 2.68. The van der Waals surface area contributed by atoms with E-state index in [0.717, 1.165) is 6.07 Å². The van der Waals surface area contributed by atoms with Gasteiger partial charge in [-0.1, -0.05) is 17.7 Å². The SMILES string of the molecule is O=C(c1ccc(F)cc1Cl)N1CCC(N2C(=O)N=C3N=CC=CC3C2=O)CC1. The number of piperidine rings is 1. The van der Waals surface area contributed by atoms with Gasteiger partial charge in [0.05, 0.1) is 10.6 Å². The molecule has 3 heterocycles. The number of benzene rings is 1. The molecule has 0 spiro atoms. The number of likely N-dealkylation sites (tertiary alicyclic amines) is 1. The van der Waals surface area contributed by atoms with E-state index in [9.17, 15) is 18.8 Å². The van der Waals surface area contributed by atoms with Crippen LogP contribution in [0.2, 0.25) is 5.02 Å². The largest absolute Gasteiger partial charge is 0.352 e. The van der Waals surface area contributed by atoms with Gasteiger partial charge >= 0.3 is 6.03 Å². The molecule has 3 aliphatic heterocycles. The van der Waals surface area contributed by atoms with Gasteiger partial charge < -0.3 is 4.90 Å². The van der Waals surface area contributed by atoms with Crippen LogP contribution in [-0.4, -0.2) is 58.8 Å². The van der Waals surface area contributed by atoms with Gasteiger partial charge in [-0.25, -0.2) is 14.2 Å². The molecule has 0 N–H and O–H groups in total. The summed E-state index contributed by atoms with van der Waals surface area (Å²) in [4.78, 5) is 48.5. The van der Waals surface area contributed by atoms with E-state index in [1.54, 1.807) is 17.1 Å². The number of hydrogen-bond acceptors (Lipinski definition) is 4. The molecule has 1 aromatic rings. The zero-order valence-corrected chi connectivity index (χ0v) is 15.5. The van der Waals surface area contributed by atoms with Crippen LogP contribution in [0.5, 0.6) is 0 Å². The lowest BCUT2D eigenvalue weighted by Gasteiger charge is -2.39. The van der Waals surface area contributed by atoms with Crippen molar-refractivity contribution in [2.45, 2.75) is 18.9 Å². The second kappa shape index (κ2) is 7.27. The summed E-state index contributed by atoms with van der Waals surface area (Å²) in [6, 6.07) is 2.69. The molecule has 4 amide bonds. The lowest BCUT2D eigenvalue weighted by atomic mass is 9.97. The van der Waals surface area contributed by atoms with Gasteiger partial charge in [0.15, 0.2) is 0 Å². The van der Waals surface area contributed by atoms with Crippen molar-refractivity contribution in [2.24, 2.45) is 15.9 Å². The fourth-order valence-corrected chi connectivity index (χ4v) is 3.88. The van der Waals surface area contributed by atoms with Gasteiger partial charge in [-0.15, -0.1) is 0 Å². The molecule has 28 heavy (non-hydrogen) atoms. The first-order chi connectivity index (χ1) is 13.5. The minimum Gasteiger partial charge on any atom is -0.338 e. The Labute approximate surface area is 165 Å². The lowest BCUT2D eigenvalue weighted by Crippen LogP contribution is -2.54. The van der Waals surface area contributed by atoms with Crippen molar-refractivity contribution in [3.05, 3.63) is 46.8 Å². The highest BCUT2D eigenvalue weighted by molar-refractivity contribution is 6.33. The normalized spacial score (nSPS) is 22.4. The maximum absolute atomic E-state index is 13.2.